The summed E-state index contributed by atoms with van der Waals surface area (Å²) in [7, 11) is -2.89. The Labute approximate surface area is 97.7 Å². The smallest absolute Gasteiger partial charge is 0.173 e. The average Bonchev–Trinajstić information content (AvgIpc) is 2.47. The molecular formula is C10H17ClNO2S-. The molecule has 1 aliphatic heterocycles. The van der Waals surface area contributed by atoms with Crippen molar-refractivity contribution in [2.24, 2.45) is 0 Å². The van der Waals surface area contributed by atoms with Crippen molar-refractivity contribution in [2.75, 3.05) is 5.75 Å². The van der Waals surface area contributed by atoms with Gasteiger partial charge in [0.15, 0.2) is 9.84 Å². The van der Waals surface area contributed by atoms with E-state index in [0.717, 1.165) is 0 Å². The van der Waals surface area contributed by atoms with Gasteiger partial charge >= 0.3 is 0 Å². The van der Waals surface area contributed by atoms with Crippen LogP contribution in [-0.2, 0) is 9.84 Å². The van der Waals surface area contributed by atoms with Crippen LogP contribution in [-0.4, -0.2) is 26.3 Å². The molecule has 0 spiro atoms. The molecule has 0 amide bonds. The van der Waals surface area contributed by atoms with E-state index in [2.05, 4.69) is 5.32 Å². The first-order chi connectivity index (χ1) is 6.66. The minimum atomic E-state index is -2.89. The normalized spacial score (nSPS) is 30.0. The molecule has 15 heavy (non-hydrogen) atoms. The lowest BCUT2D eigenvalue weighted by Crippen LogP contribution is -3.00. The first-order valence-corrected chi connectivity index (χ1v) is 7.04. The molecule has 0 bridgehead atoms. The van der Waals surface area contributed by atoms with Crippen LogP contribution in [0, 0.1) is 0 Å². The Bertz CT molecular complexity index is 320. The van der Waals surface area contributed by atoms with Crippen molar-refractivity contribution in [1.29, 1.82) is 0 Å². The van der Waals surface area contributed by atoms with E-state index in [9.17, 15) is 8.42 Å². The summed E-state index contributed by atoms with van der Waals surface area (Å²) < 4.78 is 22.3. The molecular weight excluding hydrogens is 234 g/mol. The van der Waals surface area contributed by atoms with Gasteiger partial charge in [0, 0.05) is 17.5 Å². The maximum Gasteiger partial charge on any atom is 0.173 e. The third-order valence-corrected chi connectivity index (χ3v) is 4.38. The summed E-state index contributed by atoms with van der Waals surface area (Å²) in [6.07, 6.45) is 8.07. The van der Waals surface area contributed by atoms with Gasteiger partial charge in [-0.2, -0.15) is 0 Å². The Balaban J connectivity index is 0.00000112. The highest BCUT2D eigenvalue weighted by molar-refractivity contribution is 7.94. The molecule has 0 saturated heterocycles. The summed E-state index contributed by atoms with van der Waals surface area (Å²) >= 11 is 0. The van der Waals surface area contributed by atoms with Crippen molar-refractivity contribution in [3.05, 3.63) is 11.5 Å². The summed E-state index contributed by atoms with van der Waals surface area (Å²) in [5.41, 5.74) is 0. The molecule has 3 nitrogen and oxygen atoms in total. The molecule has 1 unspecified atom stereocenters. The fourth-order valence-electron chi connectivity index (χ4n) is 2.25. The fourth-order valence-corrected chi connectivity index (χ4v) is 3.50. The molecule has 1 saturated carbocycles. The minimum absolute atomic E-state index is 0. The van der Waals surface area contributed by atoms with Crippen LogP contribution in [0.1, 0.15) is 32.1 Å². The number of nitrogens with one attached hydrogen (secondary N) is 1. The largest absolute Gasteiger partial charge is 1.00 e. The molecule has 0 aromatic carbocycles. The van der Waals surface area contributed by atoms with Gasteiger partial charge in [0.05, 0.1) is 5.75 Å². The number of halogens is 1. The maximum atomic E-state index is 11.2. The summed E-state index contributed by atoms with van der Waals surface area (Å²) in [5, 5.41) is 4.75. The SMILES string of the molecule is O=S1(=O)C=CC(NC2CCCCC2)C1.[Cl-]. The molecule has 0 aromatic rings. The fraction of sp³-hybridized carbons (Fsp3) is 0.800. The Morgan fingerprint density at radius 2 is 1.80 bits per heavy atom. The lowest BCUT2D eigenvalue weighted by molar-refractivity contribution is -0.00000552. The number of hydrogen-bond acceptors (Lipinski definition) is 3. The molecule has 1 atom stereocenters. The van der Waals surface area contributed by atoms with Gasteiger partial charge in [0.1, 0.15) is 0 Å². The van der Waals surface area contributed by atoms with E-state index < -0.39 is 9.84 Å². The van der Waals surface area contributed by atoms with Crippen molar-refractivity contribution >= 4 is 9.84 Å². The highest BCUT2D eigenvalue weighted by Gasteiger charge is 2.24. The summed E-state index contributed by atoms with van der Waals surface area (Å²) in [6.45, 7) is 0. The zero-order valence-corrected chi connectivity index (χ0v) is 10.2. The second kappa shape index (κ2) is 5.32. The topological polar surface area (TPSA) is 46.2 Å². The second-order valence-electron chi connectivity index (χ2n) is 4.27. The monoisotopic (exact) mass is 250 g/mol. The van der Waals surface area contributed by atoms with E-state index in [1.165, 1.54) is 37.5 Å². The number of rotatable bonds is 2. The Kier molecular flexibility index (Phi) is 4.62. The third kappa shape index (κ3) is 3.78. The van der Waals surface area contributed by atoms with Crippen molar-refractivity contribution in [3.8, 4) is 0 Å². The van der Waals surface area contributed by atoms with E-state index in [4.69, 9.17) is 0 Å². The predicted octanol–water partition coefficient (Wildman–Crippen LogP) is -1.78. The zero-order valence-electron chi connectivity index (χ0n) is 8.65. The van der Waals surface area contributed by atoms with Crippen molar-refractivity contribution < 1.29 is 20.8 Å². The summed E-state index contributed by atoms with van der Waals surface area (Å²) in [5.74, 6) is 0.253. The van der Waals surface area contributed by atoms with Crippen LogP contribution in [0.4, 0.5) is 0 Å². The van der Waals surface area contributed by atoms with E-state index in [1.54, 1.807) is 6.08 Å². The molecule has 0 aromatic heterocycles. The molecule has 1 heterocycles. The quantitative estimate of drug-likeness (QED) is 0.631. The molecule has 2 rings (SSSR count). The average molecular weight is 251 g/mol. The van der Waals surface area contributed by atoms with Crippen LogP contribution < -0.4 is 17.7 Å². The van der Waals surface area contributed by atoms with Crippen molar-refractivity contribution in [3.63, 3.8) is 0 Å². The molecule has 1 fully saturated rings. The Hall–Kier alpha value is -0.0600. The van der Waals surface area contributed by atoms with E-state index in [0.29, 0.717) is 6.04 Å². The lowest BCUT2D eigenvalue weighted by Gasteiger charge is -2.25. The van der Waals surface area contributed by atoms with Crippen LogP contribution in [0.5, 0.6) is 0 Å². The van der Waals surface area contributed by atoms with Gasteiger partial charge < -0.3 is 17.7 Å². The highest BCUT2D eigenvalue weighted by atomic mass is 35.5. The van der Waals surface area contributed by atoms with Gasteiger partial charge in [-0.1, -0.05) is 25.3 Å². The van der Waals surface area contributed by atoms with Crippen molar-refractivity contribution in [1.82, 2.24) is 5.32 Å². The Morgan fingerprint density at radius 1 is 1.13 bits per heavy atom. The number of hydrogen-bond donors (Lipinski definition) is 1. The van der Waals surface area contributed by atoms with Gasteiger partial charge in [-0.05, 0) is 12.8 Å². The van der Waals surface area contributed by atoms with Crippen LogP contribution >= 0.6 is 0 Å². The predicted molar refractivity (Wildman–Crippen MR) is 56.7 cm³/mol. The van der Waals surface area contributed by atoms with Gasteiger partial charge in [0.25, 0.3) is 0 Å². The first-order valence-electron chi connectivity index (χ1n) is 5.33. The van der Waals surface area contributed by atoms with Crippen LogP contribution in [0.25, 0.3) is 0 Å². The lowest BCUT2D eigenvalue weighted by atomic mass is 9.95. The molecule has 1 aliphatic carbocycles. The Morgan fingerprint density at radius 3 is 2.33 bits per heavy atom. The molecule has 1 N–H and O–H groups in total. The molecule has 5 heteroatoms. The highest BCUT2D eigenvalue weighted by Crippen LogP contribution is 2.19. The van der Waals surface area contributed by atoms with Crippen molar-refractivity contribution in [2.45, 2.75) is 44.2 Å². The van der Waals surface area contributed by atoms with Gasteiger partial charge in [-0.25, -0.2) is 8.42 Å². The second-order valence-corrected chi connectivity index (χ2v) is 6.20. The third-order valence-electron chi connectivity index (χ3n) is 2.99. The van der Waals surface area contributed by atoms with Crippen LogP contribution in [0.3, 0.4) is 0 Å². The van der Waals surface area contributed by atoms with E-state index in [1.807, 2.05) is 0 Å². The number of sulfone groups is 1. The molecule has 88 valence electrons. The van der Waals surface area contributed by atoms with Crippen LogP contribution in [0.2, 0.25) is 0 Å². The van der Waals surface area contributed by atoms with Crippen LogP contribution in [0.15, 0.2) is 11.5 Å². The minimum Gasteiger partial charge on any atom is -1.00 e. The van der Waals surface area contributed by atoms with E-state index in [-0.39, 0.29) is 24.2 Å². The zero-order chi connectivity index (χ0) is 10.0. The van der Waals surface area contributed by atoms with Gasteiger partial charge in [0.2, 0.25) is 0 Å². The summed E-state index contributed by atoms with van der Waals surface area (Å²) in [6, 6.07) is 0.592. The van der Waals surface area contributed by atoms with E-state index >= 15 is 0 Å². The molecule has 0 radical (unpaired) electrons. The van der Waals surface area contributed by atoms with Gasteiger partial charge in [-0.3, -0.25) is 0 Å². The van der Waals surface area contributed by atoms with Gasteiger partial charge in [-0.15, -0.1) is 0 Å². The summed E-state index contributed by atoms with van der Waals surface area (Å²) in [4.78, 5) is 0. The molecule has 2 aliphatic rings. The maximum absolute atomic E-state index is 11.2. The first kappa shape index (κ1) is 13.0. The standard InChI is InChI=1S/C10H17NO2S.ClH/c12-14(13)7-6-10(8-14)11-9-4-2-1-3-5-9;/h6-7,9-11H,1-5,8H2;1H/p-1.